The van der Waals surface area contributed by atoms with Crippen LogP contribution in [0.5, 0.6) is 0 Å². The third-order valence-corrected chi connectivity index (χ3v) is 1.53. The van der Waals surface area contributed by atoms with Crippen molar-refractivity contribution in [3.63, 3.8) is 0 Å². The third kappa shape index (κ3) is 1.01. The molecule has 47 valence electrons. The molecule has 8 heavy (non-hydrogen) atoms. The predicted molar refractivity (Wildman–Crippen MR) is 31.7 cm³/mol. The zero-order valence-electron chi connectivity index (χ0n) is 5.22. The van der Waals surface area contributed by atoms with Crippen molar-refractivity contribution in [2.24, 2.45) is 0 Å². The highest BCUT2D eigenvalue weighted by Crippen LogP contribution is 2.17. The molecule has 0 aromatic heterocycles. The van der Waals surface area contributed by atoms with Crippen molar-refractivity contribution in [2.45, 2.75) is 25.4 Å². The maximum Gasteiger partial charge on any atom is 0.0928 e. The minimum atomic E-state index is -0.394. The molecule has 1 aliphatic rings. The Labute approximate surface area is 49.9 Å². The maximum atomic E-state index is 9.32. The first kappa shape index (κ1) is 6.05. The van der Waals surface area contributed by atoms with E-state index in [-0.39, 0.29) is 0 Å². The lowest BCUT2D eigenvalue weighted by Crippen LogP contribution is -2.54. The second-order valence-electron chi connectivity index (χ2n) is 2.51. The molecule has 2 nitrogen and oxygen atoms in total. The molecule has 1 fully saturated rings. The highest BCUT2D eigenvalue weighted by Gasteiger charge is 2.33. The summed E-state index contributed by atoms with van der Waals surface area (Å²) in [6, 6.07) is 0. The van der Waals surface area contributed by atoms with E-state index in [1.165, 1.54) is 0 Å². The van der Waals surface area contributed by atoms with E-state index in [4.69, 9.17) is 0 Å². The van der Waals surface area contributed by atoms with Gasteiger partial charge in [-0.05, 0) is 6.42 Å². The van der Waals surface area contributed by atoms with Gasteiger partial charge in [-0.15, -0.1) is 0 Å². The Bertz CT molecular complexity index is 78.6. The van der Waals surface area contributed by atoms with E-state index in [0.29, 0.717) is 13.1 Å². The van der Waals surface area contributed by atoms with Crippen LogP contribution in [-0.4, -0.2) is 23.8 Å². The van der Waals surface area contributed by atoms with E-state index in [1.807, 2.05) is 0 Å². The molecule has 0 aromatic carbocycles. The number of hydrogen-bond acceptors (Lipinski definition) is 1. The van der Waals surface area contributed by atoms with Crippen LogP contribution in [0, 0.1) is 0 Å². The average Bonchev–Trinajstić information content (AvgIpc) is 1.64. The molecule has 1 N–H and O–H groups in total. The number of aliphatic hydroxyl groups is 1. The Morgan fingerprint density at radius 3 is 2.38 bits per heavy atom. The molecule has 1 aliphatic heterocycles. The standard InChI is InChI=1S/C6H12NO/c1-2-3-6(8)4-7-5-6/h8H,2-5H2,1H3. The molecule has 0 aliphatic carbocycles. The van der Waals surface area contributed by atoms with Gasteiger partial charge in [0.1, 0.15) is 0 Å². The SMILES string of the molecule is CCCC1(O)C[N]C1. The van der Waals surface area contributed by atoms with Crippen molar-refractivity contribution in [2.75, 3.05) is 13.1 Å². The maximum absolute atomic E-state index is 9.32. The van der Waals surface area contributed by atoms with Gasteiger partial charge in [-0.3, -0.25) is 0 Å². The quantitative estimate of drug-likeness (QED) is 0.544. The monoisotopic (exact) mass is 114 g/mol. The Hall–Kier alpha value is -0.0800. The highest BCUT2D eigenvalue weighted by molar-refractivity contribution is 4.91. The fourth-order valence-corrected chi connectivity index (χ4v) is 0.993. The molecule has 1 heterocycles. The minimum Gasteiger partial charge on any atom is -0.387 e. The third-order valence-electron chi connectivity index (χ3n) is 1.53. The summed E-state index contributed by atoms with van der Waals surface area (Å²) in [7, 11) is 0. The smallest absolute Gasteiger partial charge is 0.0928 e. The summed E-state index contributed by atoms with van der Waals surface area (Å²) in [5.41, 5.74) is -0.394. The van der Waals surface area contributed by atoms with Crippen molar-refractivity contribution >= 4 is 0 Å². The summed E-state index contributed by atoms with van der Waals surface area (Å²) in [5, 5.41) is 13.3. The molecule has 0 amide bonds. The Kier molecular flexibility index (Phi) is 1.54. The second kappa shape index (κ2) is 2.03. The van der Waals surface area contributed by atoms with E-state index >= 15 is 0 Å². The number of nitrogens with zero attached hydrogens (tertiary/aromatic N) is 1. The molecule has 0 saturated carbocycles. The summed E-state index contributed by atoms with van der Waals surface area (Å²) in [6.07, 6.45) is 1.97. The lowest BCUT2D eigenvalue weighted by molar-refractivity contribution is -0.0203. The molecule has 0 spiro atoms. The molecule has 1 saturated heterocycles. The molecule has 0 aromatic rings. The predicted octanol–water partition coefficient (Wildman–Crippen LogP) is 0.136. The van der Waals surface area contributed by atoms with Gasteiger partial charge in [0.15, 0.2) is 0 Å². The fourth-order valence-electron chi connectivity index (χ4n) is 0.993. The molecular formula is C6H12NO. The van der Waals surface area contributed by atoms with Gasteiger partial charge < -0.3 is 5.11 Å². The first-order valence-corrected chi connectivity index (χ1v) is 3.12. The summed E-state index contributed by atoms with van der Waals surface area (Å²) in [4.78, 5) is 0. The van der Waals surface area contributed by atoms with Crippen LogP contribution in [0.4, 0.5) is 0 Å². The first-order chi connectivity index (χ1) is 3.77. The molecule has 2 heteroatoms. The van der Waals surface area contributed by atoms with Gasteiger partial charge in [-0.2, -0.15) is 0 Å². The largest absolute Gasteiger partial charge is 0.387 e. The van der Waals surface area contributed by atoms with Crippen LogP contribution < -0.4 is 5.32 Å². The van der Waals surface area contributed by atoms with Crippen molar-refractivity contribution in [3.05, 3.63) is 0 Å². The van der Waals surface area contributed by atoms with Crippen LogP contribution in [0.25, 0.3) is 0 Å². The van der Waals surface area contributed by atoms with E-state index < -0.39 is 5.60 Å². The average molecular weight is 114 g/mol. The van der Waals surface area contributed by atoms with Gasteiger partial charge in [0, 0.05) is 13.1 Å². The zero-order valence-corrected chi connectivity index (χ0v) is 5.22. The normalized spacial score (nSPS) is 24.8. The Morgan fingerprint density at radius 2 is 2.25 bits per heavy atom. The summed E-state index contributed by atoms with van der Waals surface area (Å²) in [6.45, 7) is 3.41. The van der Waals surface area contributed by atoms with Crippen LogP contribution in [0.15, 0.2) is 0 Å². The summed E-state index contributed by atoms with van der Waals surface area (Å²) in [5.74, 6) is 0. The molecule has 0 atom stereocenters. The fraction of sp³-hybridized carbons (Fsp3) is 1.00. The minimum absolute atomic E-state index is 0.394. The number of rotatable bonds is 2. The van der Waals surface area contributed by atoms with E-state index in [9.17, 15) is 5.11 Å². The highest BCUT2D eigenvalue weighted by atomic mass is 16.3. The van der Waals surface area contributed by atoms with E-state index in [2.05, 4.69) is 12.2 Å². The molecule has 0 bridgehead atoms. The van der Waals surface area contributed by atoms with Crippen LogP contribution in [-0.2, 0) is 0 Å². The topological polar surface area (TPSA) is 34.3 Å². The van der Waals surface area contributed by atoms with Crippen LogP contribution in [0.3, 0.4) is 0 Å². The molecule has 1 radical (unpaired) electrons. The van der Waals surface area contributed by atoms with Gasteiger partial charge in [-0.1, -0.05) is 13.3 Å². The summed E-state index contributed by atoms with van der Waals surface area (Å²) >= 11 is 0. The van der Waals surface area contributed by atoms with E-state index in [1.54, 1.807) is 0 Å². The second-order valence-corrected chi connectivity index (χ2v) is 2.51. The first-order valence-electron chi connectivity index (χ1n) is 3.12. The lowest BCUT2D eigenvalue weighted by atomic mass is 9.92. The van der Waals surface area contributed by atoms with Crippen LogP contribution >= 0.6 is 0 Å². The lowest BCUT2D eigenvalue weighted by Gasteiger charge is -2.35. The van der Waals surface area contributed by atoms with Gasteiger partial charge in [0.25, 0.3) is 0 Å². The van der Waals surface area contributed by atoms with Gasteiger partial charge in [0.2, 0.25) is 0 Å². The van der Waals surface area contributed by atoms with Gasteiger partial charge in [0.05, 0.1) is 5.60 Å². The van der Waals surface area contributed by atoms with Crippen molar-refractivity contribution in [1.29, 1.82) is 0 Å². The van der Waals surface area contributed by atoms with Crippen molar-refractivity contribution < 1.29 is 5.11 Å². The van der Waals surface area contributed by atoms with Crippen LogP contribution in [0.1, 0.15) is 19.8 Å². The Balaban J connectivity index is 2.20. The molecule has 1 rings (SSSR count). The van der Waals surface area contributed by atoms with Gasteiger partial charge >= 0.3 is 0 Å². The summed E-state index contributed by atoms with van der Waals surface area (Å²) < 4.78 is 0. The number of hydrogen-bond donors (Lipinski definition) is 1. The molecule has 0 unspecified atom stereocenters. The molecular weight excluding hydrogens is 102 g/mol. The van der Waals surface area contributed by atoms with Crippen molar-refractivity contribution in [3.8, 4) is 0 Å². The van der Waals surface area contributed by atoms with Crippen molar-refractivity contribution in [1.82, 2.24) is 5.32 Å². The zero-order chi connectivity index (χ0) is 6.04. The van der Waals surface area contributed by atoms with Gasteiger partial charge in [-0.25, -0.2) is 5.32 Å². The Morgan fingerprint density at radius 1 is 1.62 bits per heavy atom. The van der Waals surface area contributed by atoms with E-state index in [0.717, 1.165) is 12.8 Å². The van der Waals surface area contributed by atoms with Crippen LogP contribution in [0.2, 0.25) is 0 Å².